The highest BCUT2D eigenvalue weighted by Crippen LogP contribution is 2.30. The largest absolute Gasteiger partial charge is 0.494 e. The van der Waals surface area contributed by atoms with Crippen LogP contribution in [-0.4, -0.2) is 7.11 Å². The fourth-order valence-corrected chi connectivity index (χ4v) is 2.34. The van der Waals surface area contributed by atoms with Gasteiger partial charge in [-0.2, -0.15) is 0 Å². The van der Waals surface area contributed by atoms with E-state index in [1.807, 2.05) is 38.1 Å². The van der Waals surface area contributed by atoms with Gasteiger partial charge in [-0.15, -0.1) is 0 Å². The first-order valence-electron chi connectivity index (χ1n) is 6.38. The van der Waals surface area contributed by atoms with Crippen LogP contribution in [0.5, 0.6) is 5.75 Å². The lowest BCUT2D eigenvalue weighted by Crippen LogP contribution is -2.08. The Kier molecular flexibility index (Phi) is 4.50. The van der Waals surface area contributed by atoms with Gasteiger partial charge in [0.2, 0.25) is 0 Å². The van der Waals surface area contributed by atoms with Gasteiger partial charge < -0.3 is 10.1 Å². The second-order valence-corrected chi connectivity index (χ2v) is 5.10. The van der Waals surface area contributed by atoms with Gasteiger partial charge in [0, 0.05) is 6.04 Å². The molecule has 0 spiro atoms. The lowest BCUT2D eigenvalue weighted by molar-refractivity contribution is 0.386. The third-order valence-corrected chi connectivity index (χ3v) is 3.57. The maximum absolute atomic E-state index is 13.7. The zero-order valence-electron chi connectivity index (χ0n) is 11.7. The fraction of sp³-hybridized carbons (Fsp3) is 0.250. The zero-order valence-corrected chi connectivity index (χ0v) is 12.5. The van der Waals surface area contributed by atoms with Crippen molar-refractivity contribution in [1.29, 1.82) is 0 Å². The van der Waals surface area contributed by atoms with Gasteiger partial charge in [-0.25, -0.2) is 4.39 Å². The van der Waals surface area contributed by atoms with Crippen molar-refractivity contribution >= 4 is 17.3 Å². The topological polar surface area (TPSA) is 21.3 Å². The minimum absolute atomic E-state index is 0.0611. The van der Waals surface area contributed by atoms with Crippen LogP contribution >= 0.6 is 11.6 Å². The molecule has 0 bridgehead atoms. The van der Waals surface area contributed by atoms with Crippen molar-refractivity contribution in [3.05, 3.63) is 58.4 Å². The Morgan fingerprint density at radius 3 is 2.60 bits per heavy atom. The van der Waals surface area contributed by atoms with Crippen LogP contribution in [0, 0.1) is 12.7 Å². The van der Waals surface area contributed by atoms with Gasteiger partial charge in [0.1, 0.15) is 0 Å². The molecule has 0 aliphatic carbocycles. The van der Waals surface area contributed by atoms with E-state index in [1.165, 1.54) is 13.2 Å². The summed E-state index contributed by atoms with van der Waals surface area (Å²) in [6, 6.07) is 10.6. The number of anilines is 1. The van der Waals surface area contributed by atoms with Crippen LogP contribution < -0.4 is 10.1 Å². The molecular formula is C16H17ClFNO. The number of nitrogens with one attached hydrogen (secondary N) is 1. The van der Waals surface area contributed by atoms with E-state index in [-0.39, 0.29) is 17.6 Å². The Morgan fingerprint density at radius 2 is 2.00 bits per heavy atom. The quantitative estimate of drug-likeness (QED) is 0.859. The van der Waals surface area contributed by atoms with Crippen molar-refractivity contribution in [2.75, 3.05) is 12.4 Å². The summed E-state index contributed by atoms with van der Waals surface area (Å²) in [6.45, 7) is 3.94. The SMILES string of the molecule is COc1ccc(C(C)Nc2c(C)cccc2Cl)cc1F. The number of aryl methyl sites for hydroxylation is 1. The van der Waals surface area contributed by atoms with Crippen molar-refractivity contribution in [3.8, 4) is 5.75 Å². The van der Waals surface area contributed by atoms with Gasteiger partial charge in [0.15, 0.2) is 11.6 Å². The van der Waals surface area contributed by atoms with Gasteiger partial charge in [-0.3, -0.25) is 0 Å². The minimum Gasteiger partial charge on any atom is -0.494 e. The minimum atomic E-state index is -0.366. The smallest absolute Gasteiger partial charge is 0.165 e. The molecule has 4 heteroatoms. The third kappa shape index (κ3) is 3.05. The average molecular weight is 294 g/mol. The highest BCUT2D eigenvalue weighted by atomic mass is 35.5. The number of para-hydroxylation sites is 1. The van der Waals surface area contributed by atoms with Crippen LogP contribution in [0.4, 0.5) is 10.1 Å². The van der Waals surface area contributed by atoms with Crippen molar-refractivity contribution in [2.45, 2.75) is 19.9 Å². The molecule has 2 rings (SSSR count). The van der Waals surface area contributed by atoms with E-state index in [9.17, 15) is 4.39 Å². The van der Waals surface area contributed by atoms with Crippen LogP contribution in [0.1, 0.15) is 24.1 Å². The Labute approximate surface area is 123 Å². The van der Waals surface area contributed by atoms with E-state index in [2.05, 4.69) is 5.32 Å². The summed E-state index contributed by atoms with van der Waals surface area (Å²) in [5, 5.41) is 3.98. The summed E-state index contributed by atoms with van der Waals surface area (Å²) >= 11 is 6.18. The molecule has 20 heavy (non-hydrogen) atoms. The number of rotatable bonds is 4. The van der Waals surface area contributed by atoms with Crippen LogP contribution in [-0.2, 0) is 0 Å². The molecule has 0 amide bonds. The highest BCUT2D eigenvalue weighted by molar-refractivity contribution is 6.33. The molecule has 1 atom stereocenters. The molecule has 0 saturated heterocycles. The standard InChI is InChI=1S/C16H17ClFNO/c1-10-5-4-6-13(17)16(10)19-11(2)12-7-8-15(20-3)14(18)9-12/h4-9,11,19H,1-3H3. The first-order chi connectivity index (χ1) is 9.52. The van der Waals surface area contributed by atoms with E-state index in [4.69, 9.17) is 16.3 Å². The summed E-state index contributed by atoms with van der Waals surface area (Å²) in [7, 11) is 1.45. The second-order valence-electron chi connectivity index (χ2n) is 4.69. The molecule has 2 nitrogen and oxygen atoms in total. The molecule has 0 heterocycles. The van der Waals surface area contributed by atoms with Gasteiger partial charge in [0.25, 0.3) is 0 Å². The molecule has 0 aromatic heterocycles. The monoisotopic (exact) mass is 293 g/mol. The van der Waals surface area contributed by atoms with E-state index in [0.717, 1.165) is 16.8 Å². The van der Waals surface area contributed by atoms with Gasteiger partial charge >= 0.3 is 0 Å². The predicted octanol–water partition coefficient (Wildman–Crippen LogP) is 4.97. The average Bonchev–Trinajstić information content (AvgIpc) is 2.42. The van der Waals surface area contributed by atoms with Crippen molar-refractivity contribution < 1.29 is 9.13 Å². The molecule has 1 unspecified atom stereocenters. The highest BCUT2D eigenvalue weighted by Gasteiger charge is 2.12. The first kappa shape index (κ1) is 14.7. The summed E-state index contributed by atoms with van der Waals surface area (Å²) < 4.78 is 18.6. The summed E-state index contributed by atoms with van der Waals surface area (Å²) in [5.41, 5.74) is 2.76. The Hall–Kier alpha value is -1.74. The lowest BCUT2D eigenvalue weighted by atomic mass is 10.1. The third-order valence-electron chi connectivity index (χ3n) is 3.26. The van der Waals surface area contributed by atoms with Crippen LogP contribution in [0.25, 0.3) is 0 Å². The van der Waals surface area contributed by atoms with Gasteiger partial charge in [-0.1, -0.05) is 29.8 Å². The molecule has 2 aromatic carbocycles. The molecule has 0 aliphatic heterocycles. The lowest BCUT2D eigenvalue weighted by Gasteiger charge is -2.19. The molecule has 106 valence electrons. The van der Waals surface area contributed by atoms with E-state index in [0.29, 0.717) is 5.02 Å². The predicted molar refractivity (Wildman–Crippen MR) is 81.2 cm³/mol. The number of methoxy groups -OCH3 is 1. The van der Waals surface area contributed by atoms with Crippen molar-refractivity contribution in [3.63, 3.8) is 0 Å². The number of ether oxygens (including phenoxy) is 1. The normalized spacial score (nSPS) is 12.1. The maximum atomic E-state index is 13.7. The van der Waals surface area contributed by atoms with E-state index >= 15 is 0 Å². The summed E-state index contributed by atoms with van der Waals surface area (Å²) in [5.74, 6) is -0.121. The number of hydrogen-bond acceptors (Lipinski definition) is 2. The van der Waals surface area contributed by atoms with Gasteiger partial charge in [0.05, 0.1) is 17.8 Å². The Bertz CT molecular complexity index is 595. The number of halogens is 2. The molecule has 0 aliphatic rings. The molecule has 0 radical (unpaired) electrons. The Balaban J connectivity index is 2.24. The molecule has 0 saturated carbocycles. The Morgan fingerprint density at radius 1 is 1.25 bits per heavy atom. The summed E-state index contributed by atoms with van der Waals surface area (Å²) in [6.07, 6.45) is 0. The maximum Gasteiger partial charge on any atom is 0.165 e. The fourth-order valence-electron chi connectivity index (χ4n) is 2.07. The second kappa shape index (κ2) is 6.14. The molecular weight excluding hydrogens is 277 g/mol. The molecule has 0 fully saturated rings. The van der Waals surface area contributed by atoms with Crippen LogP contribution in [0.2, 0.25) is 5.02 Å². The van der Waals surface area contributed by atoms with E-state index < -0.39 is 0 Å². The van der Waals surface area contributed by atoms with Gasteiger partial charge in [-0.05, 0) is 43.2 Å². The number of hydrogen-bond donors (Lipinski definition) is 1. The van der Waals surface area contributed by atoms with Crippen LogP contribution in [0.3, 0.4) is 0 Å². The molecule has 2 aromatic rings. The summed E-state index contributed by atoms with van der Waals surface area (Å²) in [4.78, 5) is 0. The van der Waals surface area contributed by atoms with Crippen molar-refractivity contribution in [1.82, 2.24) is 0 Å². The number of benzene rings is 2. The zero-order chi connectivity index (χ0) is 14.7. The van der Waals surface area contributed by atoms with Crippen LogP contribution in [0.15, 0.2) is 36.4 Å². The first-order valence-corrected chi connectivity index (χ1v) is 6.76. The van der Waals surface area contributed by atoms with Crippen molar-refractivity contribution in [2.24, 2.45) is 0 Å². The van der Waals surface area contributed by atoms with E-state index in [1.54, 1.807) is 6.07 Å². The molecule has 1 N–H and O–H groups in total.